The van der Waals surface area contributed by atoms with Gasteiger partial charge in [0.1, 0.15) is 18.2 Å². The van der Waals surface area contributed by atoms with E-state index in [0.29, 0.717) is 6.42 Å². The van der Waals surface area contributed by atoms with Crippen LogP contribution >= 0.6 is 0 Å². The summed E-state index contributed by atoms with van der Waals surface area (Å²) in [5.74, 6) is -0.495. The van der Waals surface area contributed by atoms with Crippen LogP contribution in [-0.2, 0) is 27.3 Å². The minimum Gasteiger partial charge on any atom is -0.459 e. The predicted molar refractivity (Wildman–Crippen MR) is 104 cm³/mol. The van der Waals surface area contributed by atoms with E-state index in [2.05, 4.69) is 5.32 Å². The van der Waals surface area contributed by atoms with Gasteiger partial charge in [-0.2, -0.15) is 0 Å². The first kappa shape index (κ1) is 20.5. The Labute approximate surface area is 160 Å². The van der Waals surface area contributed by atoms with Crippen LogP contribution in [0.15, 0.2) is 54.6 Å². The monoisotopic (exact) mass is 369 g/mol. The highest BCUT2D eigenvalue weighted by Gasteiger charge is 2.26. The van der Waals surface area contributed by atoms with Gasteiger partial charge in [0, 0.05) is 6.42 Å². The third-order valence-electron chi connectivity index (χ3n) is 3.76. The Bertz CT molecular complexity index is 748. The van der Waals surface area contributed by atoms with Gasteiger partial charge in [-0.3, -0.25) is 0 Å². The molecule has 0 radical (unpaired) electrons. The van der Waals surface area contributed by atoms with Crippen LogP contribution < -0.4 is 5.32 Å². The molecule has 5 heteroatoms. The number of hydrogen-bond acceptors (Lipinski definition) is 4. The van der Waals surface area contributed by atoms with E-state index >= 15 is 0 Å². The molecule has 2 rings (SSSR count). The molecule has 2 aromatic rings. The highest BCUT2D eigenvalue weighted by Crippen LogP contribution is 2.11. The number of hydrogen-bond donors (Lipinski definition) is 1. The van der Waals surface area contributed by atoms with Gasteiger partial charge in [-0.1, -0.05) is 60.2 Å². The molecule has 0 saturated carbocycles. The van der Waals surface area contributed by atoms with Gasteiger partial charge >= 0.3 is 12.1 Å². The van der Waals surface area contributed by atoms with E-state index in [4.69, 9.17) is 9.47 Å². The first-order chi connectivity index (χ1) is 12.7. The van der Waals surface area contributed by atoms with E-state index in [-0.39, 0.29) is 6.61 Å². The second-order valence-corrected chi connectivity index (χ2v) is 7.48. The summed E-state index contributed by atoms with van der Waals surface area (Å²) in [7, 11) is 0. The molecule has 0 heterocycles. The van der Waals surface area contributed by atoms with Crippen molar-refractivity contribution in [2.24, 2.45) is 0 Å². The molecule has 0 aliphatic rings. The van der Waals surface area contributed by atoms with E-state index in [1.807, 2.05) is 61.5 Å². The van der Waals surface area contributed by atoms with Crippen molar-refractivity contribution in [1.82, 2.24) is 5.32 Å². The molecule has 0 unspecified atom stereocenters. The van der Waals surface area contributed by atoms with Gasteiger partial charge in [0.15, 0.2) is 0 Å². The summed E-state index contributed by atoms with van der Waals surface area (Å²) in [6, 6.07) is 16.4. The Morgan fingerprint density at radius 2 is 1.59 bits per heavy atom. The number of carbonyl (C=O) groups excluding carboxylic acids is 2. The van der Waals surface area contributed by atoms with Gasteiger partial charge in [0.25, 0.3) is 0 Å². The number of amides is 1. The number of esters is 1. The van der Waals surface area contributed by atoms with Crippen molar-refractivity contribution in [2.75, 3.05) is 0 Å². The van der Waals surface area contributed by atoms with Gasteiger partial charge in [-0.25, -0.2) is 9.59 Å². The maximum Gasteiger partial charge on any atom is 0.408 e. The molecule has 0 saturated heterocycles. The summed E-state index contributed by atoms with van der Waals surface area (Å²) in [5, 5.41) is 2.64. The Balaban J connectivity index is 2.06. The van der Waals surface area contributed by atoms with E-state index in [1.165, 1.54) is 0 Å². The number of benzene rings is 2. The van der Waals surface area contributed by atoms with Crippen LogP contribution in [0, 0.1) is 6.92 Å². The number of nitrogens with one attached hydrogen (secondary N) is 1. The van der Waals surface area contributed by atoms with Crippen molar-refractivity contribution < 1.29 is 19.1 Å². The van der Waals surface area contributed by atoms with Crippen LogP contribution in [0.5, 0.6) is 0 Å². The lowest BCUT2D eigenvalue weighted by molar-refractivity contribution is -0.147. The maximum absolute atomic E-state index is 12.6. The molecule has 27 heavy (non-hydrogen) atoms. The number of ether oxygens (including phenoxy) is 2. The third-order valence-corrected chi connectivity index (χ3v) is 3.76. The number of aryl methyl sites for hydroxylation is 1. The zero-order valence-corrected chi connectivity index (χ0v) is 16.3. The Morgan fingerprint density at radius 3 is 2.19 bits per heavy atom. The molecule has 2 aromatic carbocycles. The fourth-order valence-electron chi connectivity index (χ4n) is 2.43. The zero-order chi connectivity index (χ0) is 19.9. The van der Waals surface area contributed by atoms with Crippen LogP contribution in [-0.4, -0.2) is 23.7 Å². The summed E-state index contributed by atoms with van der Waals surface area (Å²) < 4.78 is 10.7. The van der Waals surface area contributed by atoms with Crippen LogP contribution in [0.1, 0.15) is 37.5 Å². The van der Waals surface area contributed by atoms with Crippen LogP contribution in [0.4, 0.5) is 4.79 Å². The first-order valence-corrected chi connectivity index (χ1v) is 8.98. The smallest absolute Gasteiger partial charge is 0.408 e. The largest absolute Gasteiger partial charge is 0.459 e. The van der Waals surface area contributed by atoms with Crippen molar-refractivity contribution in [2.45, 2.75) is 52.4 Å². The third kappa shape index (κ3) is 7.52. The van der Waals surface area contributed by atoms with Crippen molar-refractivity contribution in [3.05, 3.63) is 71.3 Å². The van der Waals surface area contributed by atoms with Crippen molar-refractivity contribution >= 4 is 12.1 Å². The molecule has 1 N–H and O–H groups in total. The molecule has 0 aliphatic carbocycles. The molecule has 0 bridgehead atoms. The second-order valence-electron chi connectivity index (χ2n) is 7.48. The summed E-state index contributed by atoms with van der Waals surface area (Å²) in [6.07, 6.45) is -0.316. The average molecular weight is 369 g/mol. The molecule has 144 valence electrons. The van der Waals surface area contributed by atoms with Gasteiger partial charge in [0.2, 0.25) is 0 Å². The minimum atomic E-state index is -0.828. The molecular formula is C22H27NO4. The first-order valence-electron chi connectivity index (χ1n) is 8.98. The Kier molecular flexibility index (Phi) is 6.99. The molecule has 0 fully saturated rings. The Hall–Kier alpha value is -2.82. The summed E-state index contributed by atoms with van der Waals surface area (Å²) in [5.41, 5.74) is 2.30. The predicted octanol–water partition coefficient (Wildman–Crippen LogP) is 4.17. The average Bonchev–Trinajstić information content (AvgIpc) is 2.60. The van der Waals surface area contributed by atoms with Gasteiger partial charge in [-0.15, -0.1) is 0 Å². The molecule has 0 aliphatic heterocycles. The minimum absolute atomic E-state index is 0.153. The number of carbonyl (C=O) groups is 2. The highest BCUT2D eigenvalue weighted by atomic mass is 16.6. The van der Waals surface area contributed by atoms with Crippen molar-refractivity contribution in [1.29, 1.82) is 0 Å². The number of rotatable bonds is 6. The van der Waals surface area contributed by atoms with Crippen LogP contribution in [0.25, 0.3) is 0 Å². The maximum atomic E-state index is 12.6. The summed E-state index contributed by atoms with van der Waals surface area (Å²) in [4.78, 5) is 24.7. The lowest BCUT2D eigenvalue weighted by Crippen LogP contribution is -2.45. The molecule has 1 atom stereocenters. The zero-order valence-electron chi connectivity index (χ0n) is 16.3. The topological polar surface area (TPSA) is 64.6 Å². The quantitative estimate of drug-likeness (QED) is 0.776. The van der Waals surface area contributed by atoms with Crippen molar-refractivity contribution in [3.63, 3.8) is 0 Å². The fourth-order valence-corrected chi connectivity index (χ4v) is 2.43. The normalized spacial score (nSPS) is 12.1. The second kappa shape index (κ2) is 9.21. The fraction of sp³-hybridized carbons (Fsp3) is 0.364. The standard InChI is InChI=1S/C22H27NO4/c1-16-10-12-17(13-11-16)14-19(23-21(25)27-22(2,3)4)20(24)26-15-18-8-6-5-7-9-18/h5-13,19H,14-15H2,1-4H3,(H,23,25)/t19-/m0/s1. The van der Waals surface area contributed by atoms with Gasteiger partial charge in [0.05, 0.1) is 0 Å². The van der Waals surface area contributed by atoms with Crippen molar-refractivity contribution in [3.8, 4) is 0 Å². The van der Waals surface area contributed by atoms with Gasteiger partial charge < -0.3 is 14.8 Å². The van der Waals surface area contributed by atoms with E-state index in [1.54, 1.807) is 20.8 Å². The molecular weight excluding hydrogens is 342 g/mol. The van der Waals surface area contributed by atoms with Gasteiger partial charge in [-0.05, 0) is 38.8 Å². The molecule has 0 spiro atoms. The lowest BCUT2D eigenvalue weighted by atomic mass is 10.0. The summed E-state index contributed by atoms with van der Waals surface area (Å²) in [6.45, 7) is 7.47. The number of alkyl carbamates (subject to hydrolysis) is 1. The Morgan fingerprint density at radius 1 is 0.963 bits per heavy atom. The van der Waals surface area contributed by atoms with E-state index in [9.17, 15) is 9.59 Å². The molecule has 5 nitrogen and oxygen atoms in total. The SMILES string of the molecule is Cc1ccc(C[C@H](NC(=O)OC(C)(C)C)C(=O)OCc2ccccc2)cc1. The van der Waals surface area contributed by atoms with Crippen LogP contribution in [0.2, 0.25) is 0 Å². The molecule has 0 aromatic heterocycles. The van der Waals surface area contributed by atoms with Crippen LogP contribution in [0.3, 0.4) is 0 Å². The van der Waals surface area contributed by atoms with E-state index < -0.39 is 23.7 Å². The summed E-state index contributed by atoms with van der Waals surface area (Å²) >= 11 is 0. The van der Waals surface area contributed by atoms with E-state index in [0.717, 1.165) is 16.7 Å². The highest BCUT2D eigenvalue weighted by molar-refractivity contribution is 5.81. The molecule has 1 amide bonds. The lowest BCUT2D eigenvalue weighted by Gasteiger charge is -2.23.